The molecule has 0 bridgehead atoms. The van der Waals surface area contributed by atoms with Crippen LogP contribution in [0.25, 0.3) is 0 Å². The Morgan fingerprint density at radius 1 is 1.50 bits per heavy atom. The molecule has 0 atom stereocenters. The highest BCUT2D eigenvalue weighted by Crippen LogP contribution is 2.27. The molecule has 3 nitrogen and oxygen atoms in total. The van der Waals surface area contributed by atoms with Gasteiger partial charge in [-0.15, -0.1) is 0 Å². The second kappa shape index (κ2) is 2.01. The molecule has 0 aromatic carbocycles. The Morgan fingerprint density at radius 2 is 2.40 bits per heavy atom. The lowest BCUT2D eigenvalue weighted by molar-refractivity contribution is 0.422. The van der Waals surface area contributed by atoms with E-state index in [4.69, 9.17) is 4.52 Å². The number of anilines is 1. The van der Waals surface area contributed by atoms with Gasteiger partial charge in [0.2, 0.25) is 5.88 Å². The number of nitrogens with zero attached hydrogens (tertiary/aromatic N) is 1. The van der Waals surface area contributed by atoms with E-state index in [2.05, 4.69) is 10.5 Å². The molecule has 0 saturated carbocycles. The van der Waals surface area contributed by atoms with E-state index in [1.807, 2.05) is 7.05 Å². The summed E-state index contributed by atoms with van der Waals surface area (Å²) in [5.41, 5.74) is 2.42. The smallest absolute Gasteiger partial charge is 0.227 e. The molecular weight excluding hydrogens is 128 g/mol. The van der Waals surface area contributed by atoms with Crippen molar-refractivity contribution in [2.45, 2.75) is 19.3 Å². The van der Waals surface area contributed by atoms with Crippen molar-refractivity contribution in [3.8, 4) is 0 Å². The van der Waals surface area contributed by atoms with E-state index in [1.165, 1.54) is 12.0 Å². The second-order valence-corrected chi connectivity index (χ2v) is 2.54. The van der Waals surface area contributed by atoms with E-state index in [1.54, 1.807) is 0 Å². The minimum atomic E-state index is 0.854. The molecule has 2 rings (SSSR count). The van der Waals surface area contributed by atoms with Crippen LogP contribution in [0.3, 0.4) is 0 Å². The summed E-state index contributed by atoms with van der Waals surface area (Å²) in [5.74, 6) is 0.854. The fraction of sp³-hybridized carbons (Fsp3) is 0.571. The van der Waals surface area contributed by atoms with Gasteiger partial charge in [0.25, 0.3) is 0 Å². The van der Waals surface area contributed by atoms with Gasteiger partial charge < -0.3 is 9.84 Å². The Labute approximate surface area is 59.4 Å². The summed E-state index contributed by atoms with van der Waals surface area (Å²) < 4.78 is 5.03. The summed E-state index contributed by atoms with van der Waals surface area (Å²) in [7, 11) is 1.86. The van der Waals surface area contributed by atoms with E-state index < -0.39 is 0 Å². The Balaban J connectivity index is 2.44. The summed E-state index contributed by atoms with van der Waals surface area (Å²) in [6.45, 7) is 0. The summed E-state index contributed by atoms with van der Waals surface area (Å²) in [6, 6.07) is 0. The van der Waals surface area contributed by atoms with E-state index in [-0.39, 0.29) is 0 Å². The molecule has 1 aromatic rings. The van der Waals surface area contributed by atoms with E-state index >= 15 is 0 Å². The van der Waals surface area contributed by atoms with Crippen LogP contribution in [0.4, 0.5) is 5.88 Å². The number of hydrogen-bond acceptors (Lipinski definition) is 3. The summed E-state index contributed by atoms with van der Waals surface area (Å²) in [6.07, 6.45) is 3.43. The highest BCUT2D eigenvalue weighted by Gasteiger charge is 2.19. The van der Waals surface area contributed by atoms with Crippen LogP contribution < -0.4 is 5.32 Å². The molecular formula is C7H10N2O. The molecule has 1 N–H and O–H groups in total. The standard InChI is InChI=1S/C7H10N2O/c1-8-7-5-3-2-4-6(5)9-10-7/h8H,2-4H2,1H3. The summed E-state index contributed by atoms with van der Waals surface area (Å²) in [4.78, 5) is 0. The first kappa shape index (κ1) is 5.77. The van der Waals surface area contributed by atoms with Crippen LogP contribution in [0.5, 0.6) is 0 Å². The van der Waals surface area contributed by atoms with Gasteiger partial charge in [-0.05, 0) is 19.3 Å². The van der Waals surface area contributed by atoms with Gasteiger partial charge in [0.15, 0.2) is 0 Å². The van der Waals surface area contributed by atoms with Crippen molar-refractivity contribution in [1.29, 1.82) is 0 Å². The van der Waals surface area contributed by atoms with Gasteiger partial charge in [-0.3, -0.25) is 0 Å². The average molecular weight is 138 g/mol. The highest BCUT2D eigenvalue weighted by molar-refractivity contribution is 5.44. The molecule has 1 aromatic heterocycles. The van der Waals surface area contributed by atoms with Gasteiger partial charge >= 0.3 is 0 Å². The number of aromatic nitrogens is 1. The van der Waals surface area contributed by atoms with Crippen molar-refractivity contribution in [2.75, 3.05) is 12.4 Å². The minimum absolute atomic E-state index is 0.854. The Hall–Kier alpha value is -0.990. The number of fused-ring (bicyclic) bond motifs is 1. The second-order valence-electron chi connectivity index (χ2n) is 2.54. The topological polar surface area (TPSA) is 38.1 Å². The third-order valence-electron chi connectivity index (χ3n) is 1.94. The number of aryl methyl sites for hydroxylation is 1. The molecule has 1 heterocycles. The van der Waals surface area contributed by atoms with E-state index in [0.29, 0.717) is 0 Å². The van der Waals surface area contributed by atoms with E-state index in [9.17, 15) is 0 Å². The maximum Gasteiger partial charge on any atom is 0.227 e. The normalized spacial score (nSPS) is 15.3. The van der Waals surface area contributed by atoms with Gasteiger partial charge in [0, 0.05) is 12.6 Å². The lowest BCUT2D eigenvalue weighted by atomic mass is 10.3. The zero-order chi connectivity index (χ0) is 6.97. The maximum absolute atomic E-state index is 5.03. The van der Waals surface area contributed by atoms with Crippen LogP contribution in [0.1, 0.15) is 17.7 Å². The predicted molar refractivity (Wildman–Crippen MR) is 38.1 cm³/mol. The zero-order valence-electron chi connectivity index (χ0n) is 5.98. The van der Waals surface area contributed by atoms with Crippen LogP contribution >= 0.6 is 0 Å². The number of hydrogen-bond donors (Lipinski definition) is 1. The molecule has 0 saturated heterocycles. The van der Waals surface area contributed by atoms with Crippen molar-refractivity contribution in [2.24, 2.45) is 0 Å². The van der Waals surface area contributed by atoms with Crippen molar-refractivity contribution in [3.05, 3.63) is 11.3 Å². The van der Waals surface area contributed by atoms with Crippen molar-refractivity contribution < 1.29 is 4.52 Å². The predicted octanol–water partition coefficient (Wildman–Crippen LogP) is 1.20. The van der Waals surface area contributed by atoms with Crippen LogP contribution in [-0.2, 0) is 12.8 Å². The Morgan fingerprint density at radius 3 is 3.20 bits per heavy atom. The lowest BCUT2D eigenvalue weighted by Gasteiger charge is -1.92. The van der Waals surface area contributed by atoms with Crippen molar-refractivity contribution >= 4 is 5.88 Å². The quantitative estimate of drug-likeness (QED) is 0.633. The Bertz CT molecular complexity index is 242. The third kappa shape index (κ3) is 0.632. The van der Waals surface area contributed by atoms with Gasteiger partial charge in [-0.1, -0.05) is 5.16 Å². The molecule has 0 unspecified atom stereocenters. The van der Waals surface area contributed by atoms with Crippen LogP contribution in [0, 0.1) is 0 Å². The van der Waals surface area contributed by atoms with E-state index in [0.717, 1.165) is 24.4 Å². The largest absolute Gasteiger partial charge is 0.357 e. The van der Waals surface area contributed by atoms with Gasteiger partial charge in [-0.2, -0.15) is 0 Å². The summed E-state index contributed by atoms with van der Waals surface area (Å²) in [5, 5.41) is 6.91. The molecule has 0 amide bonds. The average Bonchev–Trinajstić information content (AvgIpc) is 2.44. The number of nitrogens with one attached hydrogen (secondary N) is 1. The number of rotatable bonds is 1. The molecule has 0 spiro atoms. The van der Waals surface area contributed by atoms with Gasteiger partial charge in [-0.25, -0.2) is 0 Å². The fourth-order valence-corrected chi connectivity index (χ4v) is 1.43. The Kier molecular flexibility index (Phi) is 1.16. The molecule has 54 valence electrons. The monoisotopic (exact) mass is 138 g/mol. The first-order chi connectivity index (χ1) is 4.92. The molecule has 10 heavy (non-hydrogen) atoms. The van der Waals surface area contributed by atoms with Crippen molar-refractivity contribution in [1.82, 2.24) is 5.16 Å². The van der Waals surface area contributed by atoms with Crippen LogP contribution in [0.15, 0.2) is 4.52 Å². The van der Waals surface area contributed by atoms with Gasteiger partial charge in [0.1, 0.15) is 0 Å². The first-order valence-corrected chi connectivity index (χ1v) is 3.57. The lowest BCUT2D eigenvalue weighted by Crippen LogP contribution is -1.88. The molecule has 3 heteroatoms. The minimum Gasteiger partial charge on any atom is -0.357 e. The van der Waals surface area contributed by atoms with Crippen LogP contribution in [-0.4, -0.2) is 12.2 Å². The first-order valence-electron chi connectivity index (χ1n) is 3.57. The summed E-state index contributed by atoms with van der Waals surface area (Å²) >= 11 is 0. The fourth-order valence-electron chi connectivity index (χ4n) is 1.43. The maximum atomic E-state index is 5.03. The van der Waals surface area contributed by atoms with Crippen molar-refractivity contribution in [3.63, 3.8) is 0 Å². The molecule has 1 aliphatic rings. The van der Waals surface area contributed by atoms with Gasteiger partial charge in [0.05, 0.1) is 5.69 Å². The van der Waals surface area contributed by atoms with Crippen LogP contribution in [0.2, 0.25) is 0 Å². The molecule has 0 fully saturated rings. The molecule has 0 radical (unpaired) electrons. The third-order valence-corrected chi connectivity index (χ3v) is 1.94. The molecule has 0 aliphatic heterocycles. The molecule has 1 aliphatic carbocycles. The highest BCUT2D eigenvalue weighted by atomic mass is 16.5. The SMILES string of the molecule is CNc1onc2c1CCC2. The zero-order valence-corrected chi connectivity index (χ0v) is 5.98.